The molecule has 0 spiro atoms. The van der Waals surface area contributed by atoms with Crippen LogP contribution in [-0.2, 0) is 4.79 Å². The molecule has 1 heterocycles. The molecule has 0 saturated carbocycles. The zero-order chi connectivity index (χ0) is 10.1. The number of carboxylic acids is 1. The molecule has 0 amide bonds. The summed E-state index contributed by atoms with van der Waals surface area (Å²) in [6.07, 6.45) is -0.206. The lowest BCUT2D eigenvalue weighted by Gasteiger charge is -2.20. The van der Waals surface area contributed by atoms with Gasteiger partial charge in [0.25, 0.3) is 0 Å². The molecule has 66 valence electrons. The zero-order valence-corrected chi connectivity index (χ0v) is 6.85. The quantitative estimate of drug-likeness (QED) is 0.684. The van der Waals surface area contributed by atoms with Crippen molar-refractivity contribution in [2.45, 2.75) is 19.0 Å². The number of rotatable bonds is 3. The lowest BCUT2D eigenvalue weighted by atomic mass is 9.78. The molecule has 6 heteroatoms. The van der Waals surface area contributed by atoms with Crippen LogP contribution in [0.15, 0.2) is 10.2 Å². The molecule has 1 N–H and O–H groups in total. The molecule has 0 aromatic carbocycles. The summed E-state index contributed by atoms with van der Waals surface area (Å²) in [6.45, 7) is 1.37. The van der Waals surface area contributed by atoms with E-state index in [9.17, 15) is 4.79 Å². The molecule has 13 heavy (non-hydrogen) atoms. The molecule has 0 aliphatic carbocycles. The van der Waals surface area contributed by atoms with E-state index in [1.165, 1.54) is 6.92 Å². The summed E-state index contributed by atoms with van der Waals surface area (Å²) in [5.74, 6) is -1.29. The minimum Gasteiger partial charge on any atom is -0.478 e. The molecule has 0 aromatic rings. The topological polar surface area (TPSA) is 110 Å². The van der Waals surface area contributed by atoms with E-state index in [4.69, 9.17) is 15.6 Å². The van der Waals surface area contributed by atoms with Crippen LogP contribution in [0.5, 0.6) is 0 Å². The number of nitrogens with zero attached hydrogens (tertiary/aromatic N) is 4. The third kappa shape index (κ3) is 1.04. The Balaban J connectivity index is 2.99. The standard InChI is InChI=1S/C7H6N4O2/c1-6(4-9,2-3-8)7(5(12)13)10-11-7/h2H2,1H3,(H,12,13). The summed E-state index contributed by atoms with van der Waals surface area (Å²) >= 11 is 0. The highest BCUT2D eigenvalue weighted by Gasteiger charge is 2.64. The summed E-state index contributed by atoms with van der Waals surface area (Å²) < 4.78 is 0. The maximum absolute atomic E-state index is 10.7. The molecule has 0 saturated heterocycles. The molecule has 6 nitrogen and oxygen atoms in total. The largest absolute Gasteiger partial charge is 0.478 e. The van der Waals surface area contributed by atoms with Gasteiger partial charge in [-0.25, -0.2) is 4.79 Å². The van der Waals surface area contributed by atoms with Crippen molar-refractivity contribution in [3.63, 3.8) is 0 Å². The highest BCUT2D eigenvalue weighted by atomic mass is 16.4. The van der Waals surface area contributed by atoms with Crippen molar-refractivity contribution in [1.29, 1.82) is 10.5 Å². The van der Waals surface area contributed by atoms with E-state index in [-0.39, 0.29) is 6.42 Å². The normalized spacial score (nSPS) is 20.8. The maximum Gasteiger partial charge on any atom is 0.359 e. The van der Waals surface area contributed by atoms with Gasteiger partial charge in [-0.3, -0.25) is 0 Å². The van der Waals surface area contributed by atoms with Gasteiger partial charge in [0.2, 0.25) is 0 Å². The van der Waals surface area contributed by atoms with E-state index in [0.29, 0.717) is 0 Å². The molecule has 1 unspecified atom stereocenters. The summed E-state index contributed by atoms with van der Waals surface area (Å²) in [5, 5.41) is 32.6. The minimum absolute atomic E-state index is 0.206. The average Bonchev–Trinajstić information content (AvgIpc) is 2.84. The third-order valence-corrected chi connectivity index (χ3v) is 2.05. The minimum atomic E-state index is -1.71. The van der Waals surface area contributed by atoms with E-state index in [1.54, 1.807) is 12.1 Å². The van der Waals surface area contributed by atoms with Crippen molar-refractivity contribution in [2.24, 2.45) is 15.6 Å². The van der Waals surface area contributed by atoms with Crippen LogP contribution >= 0.6 is 0 Å². The first kappa shape index (κ1) is 9.14. The fourth-order valence-corrected chi connectivity index (χ4v) is 0.991. The number of carbonyl (C=O) groups is 1. The Morgan fingerprint density at radius 2 is 2.15 bits per heavy atom. The van der Waals surface area contributed by atoms with Gasteiger partial charge in [-0.05, 0) is 6.92 Å². The van der Waals surface area contributed by atoms with Crippen LogP contribution in [0, 0.1) is 28.1 Å². The molecule has 0 fully saturated rings. The van der Waals surface area contributed by atoms with Gasteiger partial charge in [0.05, 0.1) is 18.6 Å². The van der Waals surface area contributed by atoms with Crippen LogP contribution < -0.4 is 0 Å². The summed E-state index contributed by atoms with van der Waals surface area (Å²) in [7, 11) is 0. The number of nitriles is 2. The van der Waals surface area contributed by atoms with Gasteiger partial charge < -0.3 is 5.11 Å². The maximum atomic E-state index is 10.7. The highest BCUT2D eigenvalue weighted by Crippen LogP contribution is 2.47. The SMILES string of the molecule is CC(C#N)(CC#N)C1(C(=O)O)N=N1. The van der Waals surface area contributed by atoms with E-state index in [2.05, 4.69) is 10.2 Å². The Hall–Kier alpha value is -1.95. The monoisotopic (exact) mass is 178 g/mol. The number of hydrogen-bond acceptors (Lipinski definition) is 5. The van der Waals surface area contributed by atoms with E-state index >= 15 is 0 Å². The van der Waals surface area contributed by atoms with Gasteiger partial charge in [0, 0.05) is 0 Å². The molecular formula is C7H6N4O2. The predicted octanol–water partition coefficient (Wildman–Crippen LogP) is 0.677. The van der Waals surface area contributed by atoms with E-state index in [1.807, 2.05) is 0 Å². The number of hydrogen-bond donors (Lipinski definition) is 1. The highest BCUT2D eigenvalue weighted by molar-refractivity contribution is 5.82. The second-order valence-corrected chi connectivity index (χ2v) is 2.96. The second-order valence-electron chi connectivity index (χ2n) is 2.96. The Bertz CT molecular complexity index is 356. The van der Waals surface area contributed by atoms with Crippen LogP contribution in [-0.4, -0.2) is 16.7 Å². The number of carboxylic acid groups (broad SMARTS) is 1. The lowest BCUT2D eigenvalue weighted by molar-refractivity contribution is -0.143. The number of aliphatic carboxylic acids is 1. The molecular weight excluding hydrogens is 172 g/mol. The van der Waals surface area contributed by atoms with E-state index < -0.39 is 17.0 Å². The molecule has 0 radical (unpaired) electrons. The van der Waals surface area contributed by atoms with Crippen LogP contribution in [0.25, 0.3) is 0 Å². The third-order valence-electron chi connectivity index (χ3n) is 2.05. The fourth-order valence-electron chi connectivity index (χ4n) is 0.991. The summed E-state index contributed by atoms with van der Waals surface area (Å²) in [5.41, 5.74) is -3.08. The van der Waals surface area contributed by atoms with Gasteiger partial charge in [-0.1, -0.05) is 0 Å². The first-order chi connectivity index (χ1) is 6.02. The van der Waals surface area contributed by atoms with Crippen molar-refractivity contribution >= 4 is 5.97 Å². The Labute approximate surface area is 74.1 Å². The fraction of sp³-hybridized carbons (Fsp3) is 0.571. The van der Waals surface area contributed by atoms with Crippen molar-refractivity contribution in [3.05, 3.63) is 0 Å². The zero-order valence-electron chi connectivity index (χ0n) is 6.85. The summed E-state index contributed by atoms with van der Waals surface area (Å²) in [6, 6.07) is 3.53. The van der Waals surface area contributed by atoms with Crippen LogP contribution in [0.1, 0.15) is 13.3 Å². The molecule has 1 rings (SSSR count). The van der Waals surface area contributed by atoms with Crippen molar-refractivity contribution in [2.75, 3.05) is 0 Å². The first-order valence-corrected chi connectivity index (χ1v) is 3.48. The smallest absolute Gasteiger partial charge is 0.359 e. The Morgan fingerprint density at radius 1 is 1.62 bits per heavy atom. The van der Waals surface area contributed by atoms with Crippen molar-refractivity contribution in [1.82, 2.24) is 0 Å². The average molecular weight is 178 g/mol. The summed E-state index contributed by atoms with van der Waals surface area (Å²) in [4.78, 5) is 10.7. The van der Waals surface area contributed by atoms with Gasteiger partial charge in [0.1, 0.15) is 5.41 Å². The lowest BCUT2D eigenvalue weighted by Crippen LogP contribution is -2.41. The van der Waals surface area contributed by atoms with Crippen LogP contribution in [0.2, 0.25) is 0 Å². The van der Waals surface area contributed by atoms with Crippen molar-refractivity contribution in [3.8, 4) is 12.1 Å². The molecule has 1 aliphatic rings. The van der Waals surface area contributed by atoms with Crippen LogP contribution in [0.3, 0.4) is 0 Å². The Morgan fingerprint density at radius 3 is 2.38 bits per heavy atom. The van der Waals surface area contributed by atoms with Gasteiger partial charge in [-0.15, -0.1) is 10.2 Å². The van der Waals surface area contributed by atoms with Crippen molar-refractivity contribution < 1.29 is 9.90 Å². The van der Waals surface area contributed by atoms with Gasteiger partial charge in [-0.2, -0.15) is 10.5 Å². The molecule has 0 aromatic heterocycles. The second kappa shape index (κ2) is 2.53. The molecule has 1 atom stereocenters. The van der Waals surface area contributed by atoms with Crippen LogP contribution in [0.4, 0.5) is 0 Å². The predicted molar refractivity (Wildman–Crippen MR) is 39.2 cm³/mol. The first-order valence-electron chi connectivity index (χ1n) is 3.48. The van der Waals surface area contributed by atoms with Gasteiger partial charge in [0.15, 0.2) is 0 Å². The Kier molecular flexibility index (Phi) is 1.78. The van der Waals surface area contributed by atoms with Gasteiger partial charge >= 0.3 is 11.6 Å². The van der Waals surface area contributed by atoms with E-state index in [0.717, 1.165) is 0 Å². The molecule has 0 bridgehead atoms. The molecule has 1 aliphatic heterocycles.